The highest BCUT2D eigenvalue weighted by Gasteiger charge is 2.37. The number of benzene rings is 2. The van der Waals surface area contributed by atoms with Crippen molar-refractivity contribution in [1.29, 1.82) is 5.41 Å². The number of hydrogen-bond donors (Lipinski definition) is 1. The molecule has 0 atom stereocenters. The van der Waals surface area contributed by atoms with Gasteiger partial charge in [0.15, 0.2) is 17.3 Å². The van der Waals surface area contributed by atoms with Gasteiger partial charge in [0.05, 0.1) is 12.7 Å². The Bertz CT molecular complexity index is 1200. The highest BCUT2D eigenvalue weighted by Crippen LogP contribution is 2.36. The maximum atomic E-state index is 12.8. The van der Waals surface area contributed by atoms with Crippen LogP contribution in [0.25, 0.3) is 6.08 Å². The number of nitrogens with zero attached hydrogens (tertiary/aromatic N) is 3. The summed E-state index contributed by atoms with van der Waals surface area (Å²) in [5.74, 6) is 1.19. The van der Waals surface area contributed by atoms with E-state index in [-0.39, 0.29) is 11.4 Å². The number of ether oxygens (including phenoxy) is 2. The van der Waals surface area contributed by atoms with Crippen LogP contribution in [0.3, 0.4) is 0 Å². The van der Waals surface area contributed by atoms with Crippen LogP contribution in [0.5, 0.6) is 11.5 Å². The fraction of sp³-hybridized carbons (Fsp3) is 0.308. The molecule has 0 unspecified atom stereocenters. The summed E-state index contributed by atoms with van der Waals surface area (Å²) < 4.78 is 11.4. The van der Waals surface area contributed by atoms with E-state index in [0.717, 1.165) is 29.0 Å². The molecule has 0 spiro atoms. The monoisotopic (exact) mass is 474 g/mol. The second kappa shape index (κ2) is 9.85. The van der Waals surface area contributed by atoms with E-state index >= 15 is 0 Å². The smallest absolute Gasteiger partial charge is 0.283 e. The molecule has 3 aliphatic rings. The van der Waals surface area contributed by atoms with E-state index in [4.69, 9.17) is 14.9 Å². The molecule has 0 bridgehead atoms. The Labute approximate surface area is 203 Å². The van der Waals surface area contributed by atoms with Crippen LogP contribution in [0.2, 0.25) is 0 Å². The molecule has 7 nitrogen and oxygen atoms in total. The number of aliphatic imine (C=N–C) groups is 1. The van der Waals surface area contributed by atoms with E-state index in [0.29, 0.717) is 29.2 Å². The van der Waals surface area contributed by atoms with E-state index in [9.17, 15) is 4.79 Å². The topological polar surface area (TPSA) is 87.3 Å². The maximum absolute atomic E-state index is 12.8. The summed E-state index contributed by atoms with van der Waals surface area (Å²) in [5.41, 5.74) is 1.99. The average molecular weight is 475 g/mol. The predicted octanol–water partition coefficient (Wildman–Crippen LogP) is 5.47. The minimum atomic E-state index is -0.424. The van der Waals surface area contributed by atoms with Gasteiger partial charge in [0, 0.05) is 5.92 Å². The van der Waals surface area contributed by atoms with Gasteiger partial charge in [-0.15, -0.1) is 0 Å². The Balaban J connectivity index is 1.35. The number of carbonyl (C=O) groups is 1. The third kappa shape index (κ3) is 4.63. The Kier molecular flexibility index (Phi) is 6.49. The number of carbonyl (C=O) groups excluding carboxylic acids is 1. The maximum Gasteiger partial charge on any atom is 0.283 e. The zero-order chi connectivity index (χ0) is 23.5. The van der Waals surface area contributed by atoms with E-state index in [1.54, 1.807) is 19.3 Å². The first kappa shape index (κ1) is 22.4. The van der Waals surface area contributed by atoms with Crippen LogP contribution in [0.1, 0.15) is 43.2 Å². The molecule has 5 rings (SSSR count). The lowest BCUT2D eigenvalue weighted by Crippen LogP contribution is -2.35. The van der Waals surface area contributed by atoms with Crippen LogP contribution in [0, 0.1) is 11.3 Å². The van der Waals surface area contributed by atoms with E-state index < -0.39 is 5.91 Å². The van der Waals surface area contributed by atoms with Crippen molar-refractivity contribution in [3.05, 3.63) is 65.2 Å². The van der Waals surface area contributed by atoms with Gasteiger partial charge in [-0.1, -0.05) is 55.7 Å². The molecule has 0 aromatic heterocycles. The Morgan fingerprint density at radius 1 is 1.12 bits per heavy atom. The molecule has 2 aromatic rings. The van der Waals surface area contributed by atoms with Gasteiger partial charge >= 0.3 is 0 Å². The van der Waals surface area contributed by atoms with Gasteiger partial charge in [-0.25, -0.2) is 0 Å². The van der Waals surface area contributed by atoms with Crippen LogP contribution < -0.4 is 9.47 Å². The number of fused-ring (bicyclic) bond motifs is 1. The van der Waals surface area contributed by atoms with Gasteiger partial charge in [-0.05, 0) is 53.9 Å². The SMILES string of the molecule is COc1cc(/C=C2\C(=N)N3N=C(C4CCCCC4)SC3=NC2=O)ccc1OCc1ccccc1. The number of rotatable bonds is 6. The lowest BCUT2D eigenvalue weighted by Gasteiger charge is -2.20. The second-order valence-electron chi connectivity index (χ2n) is 8.48. The van der Waals surface area contributed by atoms with Crippen molar-refractivity contribution in [2.24, 2.45) is 16.0 Å². The van der Waals surface area contributed by atoms with Crippen molar-refractivity contribution < 1.29 is 14.3 Å². The molecular formula is C26H26N4O3S. The minimum Gasteiger partial charge on any atom is -0.493 e. The molecule has 2 aliphatic heterocycles. The standard InChI is InChI=1S/C26H26N4O3S/c1-32-22-15-18(12-13-21(22)33-16-17-8-4-2-5-9-17)14-20-23(27)30-26(28-24(20)31)34-25(29-30)19-10-6-3-7-11-19/h2,4-5,8-9,12-15,19,27H,3,6-7,10-11,16H2,1H3/b20-14+,27-23?. The van der Waals surface area contributed by atoms with Gasteiger partial charge in [0.25, 0.3) is 5.91 Å². The molecule has 1 aliphatic carbocycles. The summed E-state index contributed by atoms with van der Waals surface area (Å²) in [5, 5.41) is 16.2. The first-order valence-electron chi connectivity index (χ1n) is 11.5. The van der Waals surface area contributed by atoms with Gasteiger partial charge in [-0.3, -0.25) is 10.2 Å². The third-order valence-electron chi connectivity index (χ3n) is 6.16. The normalized spacial score (nSPS) is 19.7. The molecule has 174 valence electrons. The molecule has 1 saturated carbocycles. The minimum absolute atomic E-state index is 0.0525. The quantitative estimate of drug-likeness (QED) is 0.561. The number of hydrogen-bond acceptors (Lipinski definition) is 6. The zero-order valence-corrected chi connectivity index (χ0v) is 19.8. The van der Waals surface area contributed by atoms with Crippen molar-refractivity contribution >= 4 is 39.8 Å². The summed E-state index contributed by atoms with van der Waals surface area (Å²) in [6.45, 7) is 0.423. The Hall–Kier alpha value is -3.39. The van der Waals surface area contributed by atoms with Crippen molar-refractivity contribution in [1.82, 2.24) is 5.01 Å². The Morgan fingerprint density at radius 2 is 1.91 bits per heavy atom. The number of amides is 1. The van der Waals surface area contributed by atoms with Crippen LogP contribution in [-0.2, 0) is 11.4 Å². The highest BCUT2D eigenvalue weighted by molar-refractivity contribution is 8.27. The van der Waals surface area contributed by atoms with E-state index in [2.05, 4.69) is 10.1 Å². The van der Waals surface area contributed by atoms with Crippen molar-refractivity contribution in [2.45, 2.75) is 38.7 Å². The van der Waals surface area contributed by atoms with Crippen molar-refractivity contribution in [2.75, 3.05) is 7.11 Å². The predicted molar refractivity (Wildman–Crippen MR) is 135 cm³/mol. The number of amidine groups is 2. The van der Waals surface area contributed by atoms with Crippen LogP contribution in [0.4, 0.5) is 0 Å². The molecule has 2 heterocycles. The molecule has 2 aromatic carbocycles. The summed E-state index contributed by atoms with van der Waals surface area (Å²) in [7, 11) is 1.58. The van der Waals surface area contributed by atoms with E-state index in [1.165, 1.54) is 36.0 Å². The highest BCUT2D eigenvalue weighted by atomic mass is 32.2. The fourth-order valence-electron chi connectivity index (χ4n) is 4.32. The summed E-state index contributed by atoms with van der Waals surface area (Å²) in [6.07, 6.45) is 7.54. The molecular weight excluding hydrogens is 448 g/mol. The number of thioether (sulfide) groups is 1. The fourth-order valence-corrected chi connectivity index (χ4v) is 5.38. The number of methoxy groups -OCH3 is 1. The van der Waals surface area contributed by atoms with Crippen molar-refractivity contribution in [3.8, 4) is 11.5 Å². The van der Waals surface area contributed by atoms with Gasteiger partial charge < -0.3 is 9.47 Å². The number of nitrogens with one attached hydrogen (secondary N) is 1. The third-order valence-corrected chi connectivity index (χ3v) is 7.23. The van der Waals surface area contributed by atoms with Crippen LogP contribution in [-0.4, -0.2) is 34.1 Å². The van der Waals surface area contributed by atoms with Gasteiger partial charge in [0.1, 0.15) is 11.7 Å². The molecule has 1 fully saturated rings. The van der Waals surface area contributed by atoms with Crippen LogP contribution in [0.15, 0.2) is 64.2 Å². The van der Waals surface area contributed by atoms with E-state index in [1.807, 2.05) is 42.5 Å². The zero-order valence-electron chi connectivity index (χ0n) is 19.0. The van der Waals surface area contributed by atoms with Crippen LogP contribution >= 0.6 is 11.8 Å². The molecule has 34 heavy (non-hydrogen) atoms. The summed E-state index contributed by atoms with van der Waals surface area (Å²) >= 11 is 1.43. The molecule has 1 amide bonds. The first-order valence-corrected chi connectivity index (χ1v) is 12.3. The Morgan fingerprint density at radius 3 is 2.68 bits per heavy atom. The first-order chi connectivity index (χ1) is 16.6. The van der Waals surface area contributed by atoms with Crippen molar-refractivity contribution in [3.63, 3.8) is 0 Å². The molecule has 0 radical (unpaired) electrons. The lowest BCUT2D eigenvalue weighted by atomic mass is 9.90. The van der Waals surface area contributed by atoms with Gasteiger partial charge in [-0.2, -0.15) is 15.1 Å². The second-order valence-corrected chi connectivity index (χ2v) is 9.47. The number of hydrazone groups is 1. The summed E-state index contributed by atoms with van der Waals surface area (Å²) in [4.78, 5) is 17.0. The molecule has 0 saturated heterocycles. The lowest BCUT2D eigenvalue weighted by molar-refractivity contribution is -0.114. The largest absolute Gasteiger partial charge is 0.493 e. The van der Waals surface area contributed by atoms with Gasteiger partial charge in [0.2, 0.25) is 5.17 Å². The summed E-state index contributed by atoms with van der Waals surface area (Å²) in [6, 6.07) is 15.3. The molecule has 1 N–H and O–H groups in total. The average Bonchev–Trinajstić information content (AvgIpc) is 3.31. The molecule has 8 heteroatoms.